The Balaban J connectivity index is 1.83. The smallest absolute Gasteiger partial charge is 0.202 e. The topological polar surface area (TPSA) is 55.0 Å². The minimum Gasteiger partial charge on any atom is -0.484 e. The molecule has 0 fully saturated rings. The van der Waals surface area contributed by atoms with Crippen LogP contribution in [-0.4, -0.2) is 17.0 Å². The van der Waals surface area contributed by atoms with Crippen molar-refractivity contribution >= 4 is 28.3 Å². The van der Waals surface area contributed by atoms with E-state index in [4.69, 9.17) is 21.6 Å². The number of hydrogen-bond donors (Lipinski definition) is 0. The first-order valence-electron chi connectivity index (χ1n) is 7.66. The van der Waals surface area contributed by atoms with Crippen LogP contribution in [0.1, 0.15) is 16.8 Å². The maximum Gasteiger partial charge on any atom is 0.202 e. The summed E-state index contributed by atoms with van der Waals surface area (Å²) in [7, 11) is 0. The molecular formula is C19H14ClFN2O2. The first-order valence-corrected chi connectivity index (χ1v) is 8.04. The van der Waals surface area contributed by atoms with Gasteiger partial charge in [0.05, 0.1) is 17.5 Å². The van der Waals surface area contributed by atoms with Crippen molar-refractivity contribution in [3.63, 3.8) is 0 Å². The fourth-order valence-electron chi connectivity index (χ4n) is 2.64. The Labute approximate surface area is 149 Å². The molecule has 3 rings (SSSR count). The second-order valence-electron chi connectivity index (χ2n) is 5.45. The van der Waals surface area contributed by atoms with Crippen molar-refractivity contribution in [1.29, 1.82) is 5.26 Å². The number of carbonyl (C=O) groups is 1. The number of rotatable bonds is 6. The molecule has 0 bridgehead atoms. The quantitative estimate of drug-likeness (QED) is 0.606. The Morgan fingerprint density at radius 3 is 2.84 bits per heavy atom. The van der Waals surface area contributed by atoms with Crippen LogP contribution in [0.5, 0.6) is 5.75 Å². The molecule has 0 aliphatic heterocycles. The molecule has 3 aromatic rings. The Morgan fingerprint density at radius 1 is 1.28 bits per heavy atom. The summed E-state index contributed by atoms with van der Waals surface area (Å²) in [5.41, 5.74) is 1.41. The van der Waals surface area contributed by atoms with Crippen LogP contribution in [0, 0.1) is 17.1 Å². The summed E-state index contributed by atoms with van der Waals surface area (Å²) in [6.07, 6.45) is 2.09. The Hall–Kier alpha value is -2.84. The van der Waals surface area contributed by atoms with Crippen molar-refractivity contribution in [2.45, 2.75) is 13.0 Å². The zero-order valence-corrected chi connectivity index (χ0v) is 14.0. The van der Waals surface area contributed by atoms with E-state index < -0.39 is 5.82 Å². The summed E-state index contributed by atoms with van der Waals surface area (Å²) in [4.78, 5) is 12.6. The SMILES string of the molecule is N#CCCn1cc(C(=O)COc2ccc(F)cc2Cl)c2ccccc21. The molecule has 25 heavy (non-hydrogen) atoms. The molecule has 0 spiro atoms. The van der Waals surface area contributed by atoms with Crippen LogP contribution in [-0.2, 0) is 6.54 Å². The number of ketones is 1. The number of ether oxygens (including phenoxy) is 1. The van der Waals surface area contributed by atoms with Gasteiger partial charge in [-0.15, -0.1) is 0 Å². The highest BCUT2D eigenvalue weighted by atomic mass is 35.5. The lowest BCUT2D eigenvalue weighted by Crippen LogP contribution is -2.11. The Bertz CT molecular complexity index is 975. The molecule has 2 aromatic carbocycles. The molecule has 0 atom stereocenters. The lowest BCUT2D eigenvalue weighted by Gasteiger charge is -2.07. The largest absolute Gasteiger partial charge is 0.484 e. The van der Waals surface area contributed by atoms with Crippen LogP contribution < -0.4 is 4.74 Å². The van der Waals surface area contributed by atoms with E-state index in [2.05, 4.69) is 6.07 Å². The van der Waals surface area contributed by atoms with Crippen molar-refractivity contribution in [2.75, 3.05) is 6.61 Å². The van der Waals surface area contributed by atoms with Gasteiger partial charge in [0.25, 0.3) is 0 Å². The number of nitriles is 1. The maximum absolute atomic E-state index is 13.1. The second-order valence-corrected chi connectivity index (χ2v) is 5.86. The third-order valence-electron chi connectivity index (χ3n) is 3.81. The average molecular weight is 357 g/mol. The number of carbonyl (C=O) groups excluding carboxylic acids is 1. The van der Waals surface area contributed by atoms with E-state index in [0.29, 0.717) is 18.5 Å². The van der Waals surface area contributed by atoms with Gasteiger partial charge in [-0.3, -0.25) is 4.79 Å². The third kappa shape index (κ3) is 3.65. The Kier molecular flexibility index (Phi) is 5.01. The summed E-state index contributed by atoms with van der Waals surface area (Å²) in [5.74, 6) is -0.429. The molecule has 0 saturated carbocycles. The summed E-state index contributed by atoms with van der Waals surface area (Å²) >= 11 is 5.90. The highest BCUT2D eigenvalue weighted by molar-refractivity contribution is 6.32. The van der Waals surface area contributed by atoms with Crippen molar-refractivity contribution in [3.05, 3.63) is 65.1 Å². The molecule has 0 radical (unpaired) electrons. The van der Waals surface area contributed by atoms with Gasteiger partial charge in [-0.2, -0.15) is 5.26 Å². The van der Waals surface area contributed by atoms with Crippen molar-refractivity contribution in [1.82, 2.24) is 4.57 Å². The fourth-order valence-corrected chi connectivity index (χ4v) is 2.86. The molecule has 0 aliphatic carbocycles. The number of para-hydroxylation sites is 1. The molecule has 0 N–H and O–H groups in total. The number of nitrogens with zero attached hydrogens (tertiary/aromatic N) is 2. The van der Waals surface area contributed by atoms with Gasteiger partial charge in [0.2, 0.25) is 5.78 Å². The molecule has 0 aliphatic rings. The molecule has 0 saturated heterocycles. The highest BCUT2D eigenvalue weighted by Crippen LogP contribution is 2.26. The number of hydrogen-bond acceptors (Lipinski definition) is 3. The van der Waals surface area contributed by atoms with E-state index in [0.717, 1.165) is 17.0 Å². The molecule has 0 amide bonds. The van der Waals surface area contributed by atoms with Gasteiger partial charge in [-0.1, -0.05) is 29.8 Å². The van der Waals surface area contributed by atoms with Crippen molar-refractivity contribution in [2.24, 2.45) is 0 Å². The van der Waals surface area contributed by atoms with Gasteiger partial charge in [-0.25, -0.2) is 4.39 Å². The van der Waals surface area contributed by atoms with Gasteiger partial charge in [-0.05, 0) is 24.3 Å². The minimum atomic E-state index is -0.468. The zero-order valence-electron chi connectivity index (χ0n) is 13.2. The predicted octanol–water partition coefficient (Wildman–Crippen LogP) is 4.61. The summed E-state index contributed by atoms with van der Waals surface area (Å²) in [6, 6.07) is 13.3. The van der Waals surface area contributed by atoms with Crippen LogP contribution in [0.25, 0.3) is 10.9 Å². The van der Waals surface area contributed by atoms with Gasteiger partial charge in [0, 0.05) is 29.2 Å². The molecule has 126 valence electrons. The molecule has 1 aromatic heterocycles. The number of halogens is 2. The van der Waals surface area contributed by atoms with Gasteiger partial charge in [0.1, 0.15) is 11.6 Å². The van der Waals surface area contributed by atoms with Crippen LogP contribution >= 0.6 is 11.6 Å². The average Bonchev–Trinajstić information content (AvgIpc) is 2.98. The summed E-state index contributed by atoms with van der Waals surface area (Å²) in [5, 5.41) is 9.70. The van der Waals surface area contributed by atoms with E-state index in [1.165, 1.54) is 12.1 Å². The number of fused-ring (bicyclic) bond motifs is 1. The standard InChI is InChI=1S/C19H14ClFN2O2/c20-16-10-13(21)6-7-19(16)25-12-18(24)15-11-23(9-3-8-22)17-5-2-1-4-14(15)17/h1-2,4-7,10-11H,3,9,12H2. The second kappa shape index (κ2) is 7.37. The number of aromatic nitrogens is 1. The molecule has 4 nitrogen and oxygen atoms in total. The van der Waals surface area contributed by atoms with E-state index >= 15 is 0 Å². The van der Waals surface area contributed by atoms with Crippen LogP contribution in [0.4, 0.5) is 4.39 Å². The zero-order chi connectivity index (χ0) is 17.8. The highest BCUT2D eigenvalue weighted by Gasteiger charge is 2.16. The van der Waals surface area contributed by atoms with Gasteiger partial charge < -0.3 is 9.30 Å². The fraction of sp³-hybridized carbons (Fsp3) is 0.158. The monoisotopic (exact) mass is 356 g/mol. The number of benzene rings is 2. The minimum absolute atomic E-state index is 0.115. The van der Waals surface area contributed by atoms with Gasteiger partial charge in [0.15, 0.2) is 6.61 Å². The lowest BCUT2D eigenvalue weighted by atomic mass is 10.1. The molecule has 6 heteroatoms. The number of aryl methyl sites for hydroxylation is 1. The summed E-state index contributed by atoms with van der Waals surface area (Å²) in [6.45, 7) is 0.298. The van der Waals surface area contributed by atoms with Crippen molar-refractivity contribution in [3.8, 4) is 11.8 Å². The van der Waals surface area contributed by atoms with E-state index in [-0.39, 0.29) is 23.2 Å². The lowest BCUT2D eigenvalue weighted by molar-refractivity contribution is 0.0923. The third-order valence-corrected chi connectivity index (χ3v) is 4.10. The summed E-state index contributed by atoms with van der Waals surface area (Å²) < 4.78 is 20.4. The predicted molar refractivity (Wildman–Crippen MR) is 93.4 cm³/mol. The first-order chi connectivity index (χ1) is 12.1. The van der Waals surface area contributed by atoms with Crippen LogP contribution in [0.15, 0.2) is 48.7 Å². The van der Waals surface area contributed by atoms with Gasteiger partial charge >= 0.3 is 0 Å². The molecule has 0 unspecified atom stereocenters. The molecular weight excluding hydrogens is 343 g/mol. The maximum atomic E-state index is 13.1. The van der Waals surface area contributed by atoms with Crippen LogP contribution in [0.2, 0.25) is 5.02 Å². The Morgan fingerprint density at radius 2 is 2.08 bits per heavy atom. The first kappa shape index (κ1) is 17.0. The van der Waals surface area contributed by atoms with E-state index in [1.54, 1.807) is 6.20 Å². The number of Topliss-reactive ketones (excluding diaryl/α,β-unsaturated/α-hetero) is 1. The molecule has 1 heterocycles. The van der Waals surface area contributed by atoms with E-state index in [1.807, 2.05) is 28.8 Å². The van der Waals surface area contributed by atoms with Crippen molar-refractivity contribution < 1.29 is 13.9 Å². The van der Waals surface area contributed by atoms with Crippen LogP contribution in [0.3, 0.4) is 0 Å². The van der Waals surface area contributed by atoms with E-state index in [9.17, 15) is 9.18 Å². The normalized spacial score (nSPS) is 10.6.